The normalized spacial score (nSPS) is 22.3. The molecule has 0 aromatic heterocycles. The van der Waals surface area contributed by atoms with Crippen LogP contribution in [0.15, 0.2) is 47.0 Å². The van der Waals surface area contributed by atoms with Gasteiger partial charge >= 0.3 is 0 Å². The van der Waals surface area contributed by atoms with Crippen molar-refractivity contribution in [3.63, 3.8) is 0 Å². The number of carbonyl (C=O) groups excluding carboxylic acids is 1. The van der Waals surface area contributed by atoms with Crippen LogP contribution in [-0.4, -0.2) is 43.2 Å². The maximum absolute atomic E-state index is 11.2. The Morgan fingerprint density at radius 2 is 2.07 bits per heavy atom. The molecule has 3 aliphatic rings. The zero-order chi connectivity index (χ0) is 21.1. The number of halogens is 1. The Bertz CT molecular complexity index is 833. The quantitative estimate of drug-likeness (QED) is 0.657. The number of hydrogen-bond donors (Lipinski definition) is 2. The summed E-state index contributed by atoms with van der Waals surface area (Å²) in [5.74, 6) is 2.20. The van der Waals surface area contributed by atoms with E-state index in [0.717, 1.165) is 49.7 Å². The molecular weight excluding hydrogens is 402 g/mol. The third kappa shape index (κ3) is 5.22. The van der Waals surface area contributed by atoms with Crippen LogP contribution in [0.2, 0.25) is 0 Å². The molecule has 0 spiro atoms. The molecule has 7 heteroatoms. The number of allylic oxidation sites excluding steroid dienone is 1. The van der Waals surface area contributed by atoms with Crippen LogP contribution in [0.4, 0.5) is 0 Å². The standard InChI is InChI=1S/C23H30ClN3O3/c1-15(26-16(2)28)18-5-7-19(8-6-18)30-20-10-12-27(13-20)21-9-11-25-23(22(21)24)29-14-17-3-4-17/h5-9,15,17,20,25H,3-4,10-14H2,1-2H3,(H,26,28)/t15-,20+/m0/s1. The van der Waals surface area contributed by atoms with Crippen LogP contribution in [0, 0.1) is 5.92 Å². The first-order valence-electron chi connectivity index (χ1n) is 10.7. The molecule has 1 amide bonds. The van der Waals surface area contributed by atoms with Gasteiger partial charge in [0.25, 0.3) is 0 Å². The lowest BCUT2D eigenvalue weighted by Gasteiger charge is -2.27. The van der Waals surface area contributed by atoms with E-state index in [0.29, 0.717) is 16.8 Å². The number of benzene rings is 1. The van der Waals surface area contributed by atoms with E-state index in [9.17, 15) is 4.79 Å². The molecule has 0 radical (unpaired) electrons. The molecule has 1 aromatic carbocycles. The first kappa shape index (κ1) is 20.9. The lowest BCUT2D eigenvalue weighted by Crippen LogP contribution is -2.30. The smallest absolute Gasteiger partial charge is 0.217 e. The number of nitrogens with zero attached hydrogens (tertiary/aromatic N) is 1. The highest BCUT2D eigenvalue weighted by molar-refractivity contribution is 6.32. The number of likely N-dealkylation sites (tertiary alicyclic amines) is 1. The first-order valence-corrected chi connectivity index (χ1v) is 11.1. The van der Waals surface area contributed by atoms with E-state index in [1.54, 1.807) is 0 Å². The molecule has 2 atom stereocenters. The number of hydrogen-bond acceptors (Lipinski definition) is 5. The van der Waals surface area contributed by atoms with Gasteiger partial charge in [0.2, 0.25) is 11.8 Å². The summed E-state index contributed by atoms with van der Waals surface area (Å²) in [6, 6.07) is 7.92. The molecule has 1 aromatic rings. The van der Waals surface area contributed by atoms with Gasteiger partial charge in [0, 0.05) is 26.4 Å². The number of rotatable bonds is 8. The van der Waals surface area contributed by atoms with Crippen LogP contribution >= 0.6 is 11.6 Å². The van der Waals surface area contributed by atoms with Gasteiger partial charge in [0.15, 0.2) is 0 Å². The van der Waals surface area contributed by atoms with Gasteiger partial charge in [-0.25, -0.2) is 0 Å². The van der Waals surface area contributed by atoms with Crippen LogP contribution in [0.1, 0.15) is 44.7 Å². The summed E-state index contributed by atoms with van der Waals surface area (Å²) >= 11 is 6.63. The summed E-state index contributed by atoms with van der Waals surface area (Å²) in [5.41, 5.74) is 2.09. The van der Waals surface area contributed by atoms with Crippen molar-refractivity contribution in [3.8, 4) is 5.75 Å². The molecule has 4 rings (SSSR count). The highest BCUT2D eigenvalue weighted by atomic mass is 35.5. The molecule has 2 heterocycles. The average Bonchev–Trinajstić information content (AvgIpc) is 3.44. The predicted molar refractivity (Wildman–Crippen MR) is 117 cm³/mol. The summed E-state index contributed by atoms with van der Waals surface area (Å²) in [6.07, 6.45) is 5.68. The van der Waals surface area contributed by atoms with Gasteiger partial charge < -0.3 is 25.0 Å². The van der Waals surface area contributed by atoms with Crippen molar-refractivity contribution in [2.24, 2.45) is 5.92 Å². The van der Waals surface area contributed by atoms with E-state index in [1.165, 1.54) is 19.8 Å². The molecule has 2 N–H and O–H groups in total. The number of amides is 1. The SMILES string of the molecule is CC(=O)N[C@@H](C)c1ccc(O[C@@H]2CCN(C3=CCNC(OCC4CC4)=C3Cl)C2)cc1. The monoisotopic (exact) mass is 431 g/mol. The molecule has 30 heavy (non-hydrogen) atoms. The summed E-state index contributed by atoms with van der Waals surface area (Å²) in [6.45, 7) is 6.66. The summed E-state index contributed by atoms with van der Waals surface area (Å²) in [7, 11) is 0. The minimum absolute atomic E-state index is 0.0179. The Morgan fingerprint density at radius 3 is 2.77 bits per heavy atom. The third-order valence-electron chi connectivity index (χ3n) is 5.73. The number of dihydropyridines is 1. The highest BCUT2D eigenvalue weighted by Crippen LogP contribution is 2.33. The van der Waals surface area contributed by atoms with Crippen molar-refractivity contribution in [1.82, 2.24) is 15.5 Å². The Balaban J connectivity index is 1.32. The minimum atomic E-state index is -0.0325. The highest BCUT2D eigenvalue weighted by Gasteiger charge is 2.30. The maximum atomic E-state index is 11.2. The largest absolute Gasteiger partial charge is 0.489 e. The molecular formula is C23H30ClN3O3. The summed E-state index contributed by atoms with van der Waals surface area (Å²) in [5, 5.41) is 6.81. The van der Waals surface area contributed by atoms with Gasteiger partial charge in [-0.05, 0) is 49.5 Å². The molecule has 2 aliphatic heterocycles. The van der Waals surface area contributed by atoms with Gasteiger partial charge in [0.1, 0.15) is 16.9 Å². The van der Waals surface area contributed by atoms with Crippen molar-refractivity contribution in [3.05, 3.63) is 52.5 Å². The van der Waals surface area contributed by atoms with E-state index in [2.05, 4.69) is 21.6 Å². The lowest BCUT2D eigenvalue weighted by atomic mass is 10.1. The van der Waals surface area contributed by atoms with Crippen molar-refractivity contribution in [1.29, 1.82) is 0 Å². The van der Waals surface area contributed by atoms with Crippen LogP contribution in [0.25, 0.3) is 0 Å². The first-order chi connectivity index (χ1) is 14.5. The van der Waals surface area contributed by atoms with Crippen molar-refractivity contribution >= 4 is 17.5 Å². The Hall–Kier alpha value is -2.34. The zero-order valence-corrected chi connectivity index (χ0v) is 18.4. The molecule has 1 aliphatic carbocycles. The van der Waals surface area contributed by atoms with Crippen LogP contribution < -0.4 is 15.4 Å². The van der Waals surface area contributed by atoms with E-state index in [-0.39, 0.29) is 18.1 Å². The number of nitrogens with one attached hydrogen (secondary N) is 2. The van der Waals surface area contributed by atoms with Crippen LogP contribution in [-0.2, 0) is 9.53 Å². The maximum Gasteiger partial charge on any atom is 0.217 e. The third-order valence-corrected chi connectivity index (χ3v) is 6.10. The predicted octanol–water partition coefficient (Wildman–Crippen LogP) is 3.66. The fourth-order valence-corrected chi connectivity index (χ4v) is 4.17. The molecule has 1 saturated heterocycles. The van der Waals surface area contributed by atoms with E-state index >= 15 is 0 Å². The fourth-order valence-electron chi connectivity index (χ4n) is 3.85. The Labute approximate surface area is 183 Å². The summed E-state index contributed by atoms with van der Waals surface area (Å²) < 4.78 is 12.1. The number of carbonyl (C=O) groups is 1. The fraction of sp³-hybridized carbons (Fsp3) is 0.522. The van der Waals surface area contributed by atoms with E-state index in [4.69, 9.17) is 21.1 Å². The Morgan fingerprint density at radius 1 is 1.30 bits per heavy atom. The topological polar surface area (TPSA) is 62.8 Å². The molecule has 1 saturated carbocycles. The second-order valence-corrected chi connectivity index (χ2v) is 8.71. The lowest BCUT2D eigenvalue weighted by molar-refractivity contribution is -0.119. The molecule has 162 valence electrons. The van der Waals surface area contributed by atoms with Gasteiger partial charge in [0.05, 0.1) is 24.9 Å². The molecule has 0 unspecified atom stereocenters. The molecule has 6 nitrogen and oxygen atoms in total. The minimum Gasteiger partial charge on any atom is -0.489 e. The number of ether oxygens (including phenoxy) is 2. The summed E-state index contributed by atoms with van der Waals surface area (Å²) in [4.78, 5) is 13.5. The molecule has 2 fully saturated rings. The zero-order valence-electron chi connectivity index (χ0n) is 17.6. The average molecular weight is 432 g/mol. The van der Waals surface area contributed by atoms with Crippen molar-refractivity contribution < 1.29 is 14.3 Å². The van der Waals surface area contributed by atoms with E-state index < -0.39 is 0 Å². The second-order valence-electron chi connectivity index (χ2n) is 8.33. The second kappa shape index (κ2) is 9.21. The van der Waals surface area contributed by atoms with Crippen molar-refractivity contribution in [2.75, 3.05) is 26.2 Å². The van der Waals surface area contributed by atoms with E-state index in [1.807, 2.05) is 31.2 Å². The van der Waals surface area contributed by atoms with Gasteiger partial charge in [-0.1, -0.05) is 23.7 Å². The molecule has 0 bridgehead atoms. The van der Waals surface area contributed by atoms with Crippen LogP contribution in [0.5, 0.6) is 5.75 Å². The van der Waals surface area contributed by atoms with Gasteiger partial charge in [-0.15, -0.1) is 0 Å². The van der Waals surface area contributed by atoms with Gasteiger partial charge in [-0.2, -0.15) is 0 Å². The van der Waals surface area contributed by atoms with Crippen LogP contribution in [0.3, 0.4) is 0 Å². The van der Waals surface area contributed by atoms with Crippen molar-refractivity contribution in [2.45, 2.75) is 45.3 Å². The van der Waals surface area contributed by atoms with Gasteiger partial charge in [-0.3, -0.25) is 4.79 Å². The Kier molecular flexibility index (Phi) is 6.42.